The van der Waals surface area contributed by atoms with Crippen molar-refractivity contribution in [1.29, 1.82) is 0 Å². The lowest BCUT2D eigenvalue weighted by atomic mass is 10.1. The van der Waals surface area contributed by atoms with Gasteiger partial charge in [-0.2, -0.15) is 0 Å². The number of aryl methyl sites for hydroxylation is 1. The fourth-order valence-electron chi connectivity index (χ4n) is 1.55. The van der Waals surface area contributed by atoms with E-state index < -0.39 is 11.7 Å². The standard InChI is InChI=1S/C12H10ClFN4O/c1-6-2-7(15)3-8(11(6)14)12(19)18-10-4-9(13)16-5-17-10/h2-5H,15H2,1H3,(H,16,17,18,19). The van der Waals surface area contributed by atoms with Gasteiger partial charge in [0.15, 0.2) is 0 Å². The maximum absolute atomic E-state index is 13.8. The Kier molecular flexibility index (Phi) is 3.62. The summed E-state index contributed by atoms with van der Waals surface area (Å²) in [5.74, 6) is -1.08. The Morgan fingerprint density at radius 1 is 1.37 bits per heavy atom. The minimum atomic E-state index is -0.650. The highest BCUT2D eigenvalue weighted by Gasteiger charge is 2.15. The molecule has 2 rings (SSSR count). The van der Waals surface area contributed by atoms with E-state index in [9.17, 15) is 9.18 Å². The van der Waals surface area contributed by atoms with Gasteiger partial charge in [0.2, 0.25) is 0 Å². The molecule has 5 nitrogen and oxygen atoms in total. The minimum absolute atomic E-state index is 0.146. The van der Waals surface area contributed by atoms with E-state index in [0.717, 1.165) is 0 Å². The number of nitrogen functional groups attached to an aromatic ring is 1. The van der Waals surface area contributed by atoms with E-state index in [1.54, 1.807) is 0 Å². The van der Waals surface area contributed by atoms with Gasteiger partial charge in [0.05, 0.1) is 5.56 Å². The van der Waals surface area contributed by atoms with Crippen LogP contribution in [-0.2, 0) is 0 Å². The first-order chi connectivity index (χ1) is 8.97. The molecule has 0 saturated heterocycles. The molecule has 0 unspecified atom stereocenters. The highest BCUT2D eigenvalue weighted by atomic mass is 35.5. The molecule has 0 radical (unpaired) electrons. The number of aromatic nitrogens is 2. The van der Waals surface area contributed by atoms with E-state index >= 15 is 0 Å². The first kappa shape index (κ1) is 13.2. The monoisotopic (exact) mass is 280 g/mol. The molecule has 3 N–H and O–H groups in total. The van der Waals surface area contributed by atoms with Crippen molar-refractivity contribution in [2.75, 3.05) is 11.1 Å². The largest absolute Gasteiger partial charge is 0.399 e. The van der Waals surface area contributed by atoms with Gasteiger partial charge in [-0.3, -0.25) is 4.79 Å². The summed E-state index contributed by atoms with van der Waals surface area (Å²) >= 11 is 5.66. The zero-order valence-corrected chi connectivity index (χ0v) is 10.7. The number of nitrogens with zero attached hydrogens (tertiary/aromatic N) is 2. The Morgan fingerprint density at radius 3 is 2.79 bits per heavy atom. The zero-order valence-electron chi connectivity index (χ0n) is 9.95. The number of nitrogens with two attached hydrogens (primary N) is 1. The number of carbonyl (C=O) groups excluding carboxylic acids is 1. The third-order valence-corrected chi connectivity index (χ3v) is 2.60. The maximum atomic E-state index is 13.8. The molecule has 0 fully saturated rings. The number of carbonyl (C=O) groups is 1. The van der Waals surface area contributed by atoms with Gasteiger partial charge < -0.3 is 11.1 Å². The molecule has 1 amide bonds. The second-order valence-corrected chi connectivity index (χ2v) is 4.27. The van der Waals surface area contributed by atoms with Crippen LogP contribution in [0.3, 0.4) is 0 Å². The van der Waals surface area contributed by atoms with Crippen molar-refractivity contribution >= 4 is 29.0 Å². The predicted molar refractivity (Wildman–Crippen MR) is 70.5 cm³/mol. The Labute approximate surface area is 113 Å². The van der Waals surface area contributed by atoms with Crippen LogP contribution in [0.15, 0.2) is 24.5 Å². The van der Waals surface area contributed by atoms with Gasteiger partial charge in [-0.1, -0.05) is 11.6 Å². The second-order valence-electron chi connectivity index (χ2n) is 3.88. The lowest BCUT2D eigenvalue weighted by Gasteiger charge is -2.08. The summed E-state index contributed by atoms with van der Waals surface area (Å²) < 4.78 is 13.8. The summed E-state index contributed by atoms with van der Waals surface area (Å²) in [6.45, 7) is 1.53. The summed E-state index contributed by atoms with van der Waals surface area (Å²) in [7, 11) is 0. The van der Waals surface area contributed by atoms with E-state index in [1.165, 1.54) is 31.5 Å². The van der Waals surface area contributed by atoms with Crippen LogP contribution in [0.4, 0.5) is 15.9 Å². The molecule has 0 bridgehead atoms. The third kappa shape index (κ3) is 2.97. The molecule has 0 atom stereocenters. The lowest BCUT2D eigenvalue weighted by Crippen LogP contribution is -2.16. The first-order valence-electron chi connectivity index (χ1n) is 5.32. The topological polar surface area (TPSA) is 80.9 Å². The fourth-order valence-corrected chi connectivity index (χ4v) is 1.70. The van der Waals surface area contributed by atoms with Crippen molar-refractivity contribution in [2.45, 2.75) is 6.92 Å². The Bertz CT molecular complexity index is 648. The van der Waals surface area contributed by atoms with Crippen molar-refractivity contribution in [3.05, 3.63) is 46.6 Å². The molecule has 7 heteroatoms. The van der Waals surface area contributed by atoms with Gasteiger partial charge in [-0.05, 0) is 24.6 Å². The molecule has 2 aromatic rings. The van der Waals surface area contributed by atoms with E-state index in [0.29, 0.717) is 11.3 Å². The quantitative estimate of drug-likeness (QED) is 0.654. The molecular formula is C12H10ClFN4O. The predicted octanol–water partition coefficient (Wildman–Crippen LogP) is 2.41. The number of amides is 1. The van der Waals surface area contributed by atoms with Gasteiger partial charge in [0, 0.05) is 11.8 Å². The van der Waals surface area contributed by atoms with Gasteiger partial charge in [0.1, 0.15) is 23.1 Å². The average Bonchev–Trinajstić information content (AvgIpc) is 2.33. The van der Waals surface area contributed by atoms with E-state index in [4.69, 9.17) is 17.3 Å². The van der Waals surface area contributed by atoms with Crippen molar-refractivity contribution in [3.63, 3.8) is 0 Å². The van der Waals surface area contributed by atoms with Crippen molar-refractivity contribution < 1.29 is 9.18 Å². The van der Waals surface area contributed by atoms with Gasteiger partial charge in [0.25, 0.3) is 5.91 Å². The van der Waals surface area contributed by atoms with E-state index in [2.05, 4.69) is 15.3 Å². The number of rotatable bonds is 2. The van der Waals surface area contributed by atoms with Crippen LogP contribution in [0.25, 0.3) is 0 Å². The van der Waals surface area contributed by atoms with E-state index in [1.807, 2.05) is 0 Å². The molecule has 98 valence electrons. The zero-order chi connectivity index (χ0) is 14.0. The number of hydrogen-bond donors (Lipinski definition) is 2. The second kappa shape index (κ2) is 5.19. The molecule has 1 aromatic heterocycles. The first-order valence-corrected chi connectivity index (χ1v) is 5.69. The van der Waals surface area contributed by atoms with Gasteiger partial charge >= 0.3 is 0 Å². The van der Waals surface area contributed by atoms with Gasteiger partial charge in [-0.25, -0.2) is 14.4 Å². The molecular weight excluding hydrogens is 271 g/mol. The van der Waals surface area contributed by atoms with Crippen LogP contribution >= 0.6 is 11.6 Å². The number of halogens is 2. The van der Waals surface area contributed by atoms with Crippen LogP contribution in [0.2, 0.25) is 5.15 Å². The lowest BCUT2D eigenvalue weighted by molar-refractivity contribution is 0.102. The van der Waals surface area contributed by atoms with Crippen LogP contribution in [0.5, 0.6) is 0 Å². The Morgan fingerprint density at radius 2 is 2.11 bits per heavy atom. The molecule has 0 aliphatic heterocycles. The highest BCUT2D eigenvalue weighted by molar-refractivity contribution is 6.29. The molecule has 19 heavy (non-hydrogen) atoms. The molecule has 0 aliphatic carbocycles. The Balaban J connectivity index is 2.30. The highest BCUT2D eigenvalue weighted by Crippen LogP contribution is 2.18. The number of hydrogen-bond acceptors (Lipinski definition) is 4. The summed E-state index contributed by atoms with van der Waals surface area (Å²) in [5.41, 5.74) is 6.05. The SMILES string of the molecule is Cc1cc(N)cc(C(=O)Nc2cc(Cl)ncn2)c1F. The summed E-state index contributed by atoms with van der Waals surface area (Å²) in [5, 5.41) is 2.60. The summed E-state index contributed by atoms with van der Waals surface area (Å²) in [6, 6.07) is 4.07. The number of anilines is 2. The normalized spacial score (nSPS) is 10.3. The van der Waals surface area contributed by atoms with Crippen molar-refractivity contribution in [2.24, 2.45) is 0 Å². The van der Waals surface area contributed by atoms with Crippen LogP contribution < -0.4 is 11.1 Å². The fraction of sp³-hybridized carbons (Fsp3) is 0.0833. The average molecular weight is 281 g/mol. The molecule has 0 saturated carbocycles. The molecule has 0 spiro atoms. The van der Waals surface area contributed by atoms with Crippen LogP contribution in [-0.4, -0.2) is 15.9 Å². The van der Waals surface area contributed by atoms with E-state index in [-0.39, 0.29) is 16.5 Å². The van der Waals surface area contributed by atoms with Crippen molar-refractivity contribution in [3.8, 4) is 0 Å². The van der Waals surface area contributed by atoms with Gasteiger partial charge in [-0.15, -0.1) is 0 Å². The van der Waals surface area contributed by atoms with Crippen molar-refractivity contribution in [1.82, 2.24) is 9.97 Å². The molecule has 1 heterocycles. The smallest absolute Gasteiger partial charge is 0.259 e. The number of benzene rings is 1. The Hall–Kier alpha value is -2.21. The van der Waals surface area contributed by atoms with Crippen LogP contribution in [0.1, 0.15) is 15.9 Å². The minimum Gasteiger partial charge on any atom is -0.399 e. The van der Waals surface area contributed by atoms with Crippen LogP contribution in [0, 0.1) is 12.7 Å². The third-order valence-electron chi connectivity index (χ3n) is 2.40. The molecule has 0 aliphatic rings. The summed E-state index contributed by atoms with van der Waals surface area (Å²) in [4.78, 5) is 19.4. The molecule has 1 aromatic carbocycles. The number of nitrogens with one attached hydrogen (secondary N) is 1. The summed E-state index contributed by atoms with van der Waals surface area (Å²) in [6.07, 6.45) is 1.19. The maximum Gasteiger partial charge on any atom is 0.259 e.